The second-order valence-electron chi connectivity index (χ2n) is 3.10. The molecule has 1 rings (SSSR count). The summed E-state index contributed by atoms with van der Waals surface area (Å²) in [5.74, 6) is 1.33. The van der Waals surface area contributed by atoms with E-state index in [-0.39, 0.29) is 5.91 Å². The zero-order valence-corrected chi connectivity index (χ0v) is 8.04. The van der Waals surface area contributed by atoms with Crippen LogP contribution in [0.1, 0.15) is 13.3 Å². The van der Waals surface area contributed by atoms with Gasteiger partial charge in [0.15, 0.2) is 0 Å². The van der Waals surface area contributed by atoms with Gasteiger partial charge in [0.2, 0.25) is 5.91 Å². The number of methoxy groups -OCH3 is 1. The summed E-state index contributed by atoms with van der Waals surface area (Å²) >= 11 is 0. The Morgan fingerprint density at radius 3 is 3.00 bits per heavy atom. The molecule has 1 aliphatic rings. The fourth-order valence-corrected chi connectivity index (χ4v) is 1.22. The third kappa shape index (κ3) is 3.32. The van der Waals surface area contributed by atoms with E-state index in [0.717, 1.165) is 12.2 Å². The molecule has 0 saturated heterocycles. The van der Waals surface area contributed by atoms with Crippen molar-refractivity contribution in [2.45, 2.75) is 13.3 Å². The summed E-state index contributed by atoms with van der Waals surface area (Å²) in [7, 11) is 1.66. The van der Waals surface area contributed by atoms with Crippen LogP contribution < -0.4 is 5.32 Å². The second-order valence-corrected chi connectivity index (χ2v) is 3.10. The van der Waals surface area contributed by atoms with Crippen LogP contribution in [-0.4, -0.2) is 19.6 Å². The van der Waals surface area contributed by atoms with E-state index in [1.54, 1.807) is 7.11 Å². The Hall–Kier alpha value is -1.25. The summed E-state index contributed by atoms with van der Waals surface area (Å²) in [5.41, 5.74) is 0. The van der Waals surface area contributed by atoms with Crippen molar-refractivity contribution in [3.63, 3.8) is 0 Å². The van der Waals surface area contributed by atoms with Gasteiger partial charge in [-0.05, 0) is 24.5 Å². The molecule has 1 aliphatic carbocycles. The first kappa shape index (κ1) is 9.84. The number of hydrogen-bond acceptors (Lipinski definition) is 2. The summed E-state index contributed by atoms with van der Waals surface area (Å²) in [6.07, 6.45) is 6.97. The molecule has 0 aromatic rings. The Labute approximate surface area is 78.5 Å². The monoisotopic (exact) mass is 181 g/mol. The maximum absolute atomic E-state index is 10.6. The van der Waals surface area contributed by atoms with Gasteiger partial charge in [0.25, 0.3) is 0 Å². The summed E-state index contributed by atoms with van der Waals surface area (Å²) in [5, 5.41) is 2.79. The number of carbonyl (C=O) groups is 1. The van der Waals surface area contributed by atoms with E-state index in [0.29, 0.717) is 12.5 Å². The van der Waals surface area contributed by atoms with Gasteiger partial charge in [0.05, 0.1) is 7.11 Å². The molecule has 0 saturated carbocycles. The Bertz CT molecular complexity index is 243. The van der Waals surface area contributed by atoms with Crippen molar-refractivity contribution in [1.29, 1.82) is 0 Å². The summed E-state index contributed by atoms with van der Waals surface area (Å²) in [6.45, 7) is 2.24. The SMILES string of the molecule is COC1=CCC(CNC(C)=O)C=C1. The molecule has 1 N–H and O–H groups in total. The lowest BCUT2D eigenvalue weighted by Gasteiger charge is -2.15. The molecular weight excluding hydrogens is 166 g/mol. The lowest BCUT2D eigenvalue weighted by atomic mass is 10.0. The number of ether oxygens (including phenoxy) is 1. The van der Waals surface area contributed by atoms with Crippen molar-refractivity contribution < 1.29 is 9.53 Å². The van der Waals surface area contributed by atoms with Crippen molar-refractivity contribution in [2.24, 2.45) is 5.92 Å². The smallest absolute Gasteiger partial charge is 0.216 e. The average Bonchev–Trinajstić information content (AvgIpc) is 2.15. The molecule has 0 aromatic heterocycles. The quantitative estimate of drug-likeness (QED) is 0.711. The van der Waals surface area contributed by atoms with E-state index in [1.807, 2.05) is 12.2 Å². The number of hydrogen-bond donors (Lipinski definition) is 1. The molecule has 0 heterocycles. The molecule has 0 aromatic carbocycles. The third-order valence-electron chi connectivity index (χ3n) is 2.00. The van der Waals surface area contributed by atoms with Crippen LogP contribution in [0.25, 0.3) is 0 Å². The van der Waals surface area contributed by atoms with Crippen molar-refractivity contribution >= 4 is 5.91 Å². The number of carbonyl (C=O) groups excluding carboxylic acids is 1. The average molecular weight is 181 g/mol. The highest BCUT2D eigenvalue weighted by Crippen LogP contribution is 2.15. The van der Waals surface area contributed by atoms with E-state index in [4.69, 9.17) is 4.74 Å². The third-order valence-corrected chi connectivity index (χ3v) is 2.00. The van der Waals surface area contributed by atoms with Crippen LogP contribution >= 0.6 is 0 Å². The summed E-state index contributed by atoms with van der Waals surface area (Å²) < 4.78 is 5.05. The second kappa shape index (κ2) is 4.70. The zero-order chi connectivity index (χ0) is 9.68. The van der Waals surface area contributed by atoms with Crippen LogP contribution in [0.15, 0.2) is 24.0 Å². The molecule has 72 valence electrons. The first-order valence-corrected chi connectivity index (χ1v) is 4.39. The Balaban J connectivity index is 2.31. The van der Waals surface area contributed by atoms with E-state index in [1.165, 1.54) is 6.92 Å². The van der Waals surface area contributed by atoms with Crippen LogP contribution in [0.4, 0.5) is 0 Å². The van der Waals surface area contributed by atoms with E-state index < -0.39 is 0 Å². The molecule has 0 spiro atoms. The van der Waals surface area contributed by atoms with Gasteiger partial charge in [-0.2, -0.15) is 0 Å². The predicted octanol–water partition coefficient (Wildman–Crippen LogP) is 1.23. The Morgan fingerprint density at radius 1 is 1.77 bits per heavy atom. The number of allylic oxidation sites excluding steroid dienone is 2. The number of nitrogens with one attached hydrogen (secondary N) is 1. The van der Waals surface area contributed by atoms with Gasteiger partial charge in [0.1, 0.15) is 5.76 Å². The van der Waals surface area contributed by atoms with Gasteiger partial charge < -0.3 is 10.1 Å². The maximum Gasteiger partial charge on any atom is 0.216 e. The summed E-state index contributed by atoms with van der Waals surface area (Å²) in [6, 6.07) is 0. The van der Waals surface area contributed by atoms with Gasteiger partial charge >= 0.3 is 0 Å². The minimum absolute atomic E-state index is 0.0231. The van der Waals surface area contributed by atoms with Crippen LogP contribution in [0, 0.1) is 5.92 Å². The van der Waals surface area contributed by atoms with Gasteiger partial charge in [-0.25, -0.2) is 0 Å². The van der Waals surface area contributed by atoms with E-state index in [2.05, 4.69) is 11.4 Å². The zero-order valence-electron chi connectivity index (χ0n) is 8.04. The van der Waals surface area contributed by atoms with E-state index in [9.17, 15) is 4.79 Å². The highest BCUT2D eigenvalue weighted by Gasteiger charge is 2.08. The highest BCUT2D eigenvalue weighted by molar-refractivity contribution is 5.72. The molecule has 0 fully saturated rings. The topological polar surface area (TPSA) is 38.3 Å². The van der Waals surface area contributed by atoms with E-state index >= 15 is 0 Å². The van der Waals surface area contributed by atoms with Gasteiger partial charge in [-0.1, -0.05) is 6.08 Å². The fraction of sp³-hybridized carbons (Fsp3) is 0.500. The lowest BCUT2D eigenvalue weighted by Crippen LogP contribution is -2.26. The first-order valence-electron chi connectivity index (χ1n) is 4.39. The lowest BCUT2D eigenvalue weighted by molar-refractivity contribution is -0.119. The molecule has 1 unspecified atom stereocenters. The Morgan fingerprint density at radius 2 is 2.54 bits per heavy atom. The molecule has 3 heteroatoms. The van der Waals surface area contributed by atoms with Gasteiger partial charge in [-0.3, -0.25) is 4.79 Å². The number of amides is 1. The highest BCUT2D eigenvalue weighted by atomic mass is 16.5. The van der Waals surface area contributed by atoms with Crippen LogP contribution in [0.3, 0.4) is 0 Å². The standard InChI is InChI=1S/C10H15NO2/c1-8(12)11-7-9-3-5-10(13-2)6-4-9/h3,5-6,9H,4,7H2,1-2H3,(H,11,12). The number of rotatable bonds is 3. The van der Waals surface area contributed by atoms with Crippen molar-refractivity contribution in [3.05, 3.63) is 24.0 Å². The fourth-order valence-electron chi connectivity index (χ4n) is 1.22. The Kier molecular flexibility index (Phi) is 3.55. The van der Waals surface area contributed by atoms with Crippen molar-refractivity contribution in [2.75, 3.05) is 13.7 Å². The summed E-state index contributed by atoms with van der Waals surface area (Å²) in [4.78, 5) is 10.6. The first-order chi connectivity index (χ1) is 6.22. The molecule has 0 aliphatic heterocycles. The van der Waals surface area contributed by atoms with Crippen LogP contribution in [-0.2, 0) is 9.53 Å². The maximum atomic E-state index is 10.6. The normalized spacial score (nSPS) is 20.8. The van der Waals surface area contributed by atoms with Gasteiger partial charge in [-0.15, -0.1) is 0 Å². The molecule has 1 amide bonds. The predicted molar refractivity (Wildman–Crippen MR) is 51.0 cm³/mol. The molecule has 13 heavy (non-hydrogen) atoms. The minimum Gasteiger partial charge on any atom is -0.497 e. The largest absolute Gasteiger partial charge is 0.497 e. The molecule has 0 bridgehead atoms. The minimum atomic E-state index is 0.0231. The van der Waals surface area contributed by atoms with Crippen LogP contribution in [0.5, 0.6) is 0 Å². The molecule has 1 atom stereocenters. The van der Waals surface area contributed by atoms with Crippen molar-refractivity contribution in [3.8, 4) is 0 Å². The van der Waals surface area contributed by atoms with Crippen molar-refractivity contribution in [1.82, 2.24) is 5.32 Å². The molecule has 0 radical (unpaired) electrons. The van der Waals surface area contributed by atoms with Gasteiger partial charge in [0, 0.05) is 13.5 Å². The molecular formula is C10H15NO2. The van der Waals surface area contributed by atoms with Crippen LogP contribution in [0.2, 0.25) is 0 Å². The molecule has 3 nitrogen and oxygen atoms in total.